The van der Waals surface area contributed by atoms with E-state index in [1.807, 2.05) is 0 Å². The summed E-state index contributed by atoms with van der Waals surface area (Å²) < 4.78 is 7.16. The highest BCUT2D eigenvalue weighted by molar-refractivity contribution is 6.99. The third kappa shape index (κ3) is 2.73. The smallest absolute Gasteiger partial charge is 0.261 e. The summed E-state index contributed by atoms with van der Waals surface area (Å²) in [7, 11) is -2.44. The summed E-state index contributed by atoms with van der Waals surface area (Å²) in [4.78, 5) is 0. The molecule has 4 rings (SSSR count). The lowest BCUT2D eigenvalue weighted by atomic mass is 10.1. The zero-order valence-corrected chi connectivity index (χ0v) is 16.9. The number of benzene rings is 2. The molecule has 0 aromatic heterocycles. The fourth-order valence-corrected chi connectivity index (χ4v) is 9.73. The highest BCUT2D eigenvalue weighted by atomic mass is 28.4. The summed E-state index contributed by atoms with van der Waals surface area (Å²) >= 11 is 0. The summed E-state index contributed by atoms with van der Waals surface area (Å²) in [6, 6.07) is 24.2. The van der Waals surface area contributed by atoms with Crippen LogP contribution < -0.4 is 10.4 Å². The van der Waals surface area contributed by atoms with Crippen LogP contribution in [0, 0.1) is 29.1 Å². The Morgan fingerprint density at radius 1 is 0.885 bits per heavy atom. The Kier molecular flexibility index (Phi) is 4.29. The van der Waals surface area contributed by atoms with E-state index in [0.717, 1.165) is 12.8 Å². The van der Waals surface area contributed by atoms with Crippen LogP contribution in [0.3, 0.4) is 0 Å². The molecule has 1 unspecified atom stereocenters. The van der Waals surface area contributed by atoms with Gasteiger partial charge >= 0.3 is 0 Å². The molecule has 26 heavy (non-hydrogen) atoms. The predicted molar refractivity (Wildman–Crippen MR) is 108 cm³/mol. The largest absolute Gasteiger partial charge is 0.404 e. The van der Waals surface area contributed by atoms with Gasteiger partial charge in [-0.1, -0.05) is 81.4 Å². The minimum Gasteiger partial charge on any atom is -0.404 e. The number of rotatable bonds is 4. The van der Waals surface area contributed by atoms with E-state index in [9.17, 15) is 5.26 Å². The van der Waals surface area contributed by atoms with Crippen LogP contribution in [-0.2, 0) is 4.43 Å². The van der Waals surface area contributed by atoms with Crippen molar-refractivity contribution >= 4 is 18.7 Å². The van der Waals surface area contributed by atoms with Crippen molar-refractivity contribution in [3.8, 4) is 6.07 Å². The molecule has 0 radical (unpaired) electrons. The van der Waals surface area contributed by atoms with E-state index in [2.05, 4.69) is 87.5 Å². The van der Waals surface area contributed by atoms with E-state index in [0.29, 0.717) is 11.8 Å². The Bertz CT molecular complexity index is 754. The quantitative estimate of drug-likeness (QED) is 0.768. The molecule has 0 spiro atoms. The second-order valence-corrected chi connectivity index (χ2v) is 13.1. The zero-order valence-electron chi connectivity index (χ0n) is 15.9. The van der Waals surface area contributed by atoms with Gasteiger partial charge in [0.2, 0.25) is 0 Å². The van der Waals surface area contributed by atoms with Crippen molar-refractivity contribution in [1.29, 1.82) is 5.26 Å². The summed E-state index contributed by atoms with van der Waals surface area (Å²) in [5.74, 6) is 1.43. The Morgan fingerprint density at radius 2 is 1.35 bits per heavy atom. The molecule has 134 valence electrons. The molecule has 4 atom stereocenters. The summed E-state index contributed by atoms with van der Waals surface area (Å²) in [5.41, 5.74) is 0. The minimum absolute atomic E-state index is 0.0249. The van der Waals surface area contributed by atoms with Gasteiger partial charge in [-0.15, -0.1) is 0 Å². The topological polar surface area (TPSA) is 33.0 Å². The van der Waals surface area contributed by atoms with E-state index in [1.165, 1.54) is 10.4 Å². The molecule has 2 nitrogen and oxygen atoms in total. The summed E-state index contributed by atoms with van der Waals surface area (Å²) in [5, 5.41) is 11.9. The Hall–Kier alpha value is -1.89. The number of nitrogens with zero attached hydrogens (tertiary/aromatic N) is 1. The molecular formula is C23H27NOSi. The molecule has 0 heterocycles. The van der Waals surface area contributed by atoms with Gasteiger partial charge in [0, 0.05) is 6.10 Å². The van der Waals surface area contributed by atoms with Crippen molar-refractivity contribution in [2.24, 2.45) is 17.8 Å². The van der Waals surface area contributed by atoms with Crippen LogP contribution in [0.2, 0.25) is 5.04 Å². The normalized spacial score (nSPS) is 27.6. The van der Waals surface area contributed by atoms with Gasteiger partial charge < -0.3 is 4.43 Å². The average molecular weight is 362 g/mol. The summed E-state index contributed by atoms with van der Waals surface area (Å²) in [6.45, 7) is 6.98. The van der Waals surface area contributed by atoms with E-state index in [4.69, 9.17) is 4.43 Å². The lowest BCUT2D eigenvalue weighted by Gasteiger charge is -2.45. The van der Waals surface area contributed by atoms with Gasteiger partial charge in [0.1, 0.15) is 0 Å². The maximum Gasteiger partial charge on any atom is 0.261 e. The first kappa shape index (κ1) is 17.5. The van der Waals surface area contributed by atoms with Crippen LogP contribution in [-0.4, -0.2) is 14.4 Å². The van der Waals surface area contributed by atoms with Gasteiger partial charge in [0.05, 0.1) is 12.0 Å². The van der Waals surface area contributed by atoms with Crippen LogP contribution in [0.15, 0.2) is 60.7 Å². The third-order valence-electron chi connectivity index (χ3n) is 6.31. The molecule has 0 bridgehead atoms. The summed E-state index contributed by atoms with van der Waals surface area (Å²) in [6.07, 6.45) is 2.38. The lowest BCUT2D eigenvalue weighted by Crippen LogP contribution is -2.67. The number of hydrogen-bond donors (Lipinski definition) is 0. The predicted octanol–water partition coefficient (Wildman–Crippen LogP) is 4.11. The number of hydrogen-bond acceptors (Lipinski definition) is 2. The van der Waals surface area contributed by atoms with Gasteiger partial charge in [-0.05, 0) is 40.1 Å². The maximum absolute atomic E-state index is 9.23. The minimum atomic E-state index is -2.44. The first-order valence-corrected chi connectivity index (χ1v) is 11.6. The molecule has 2 aromatic carbocycles. The Morgan fingerprint density at radius 3 is 1.73 bits per heavy atom. The average Bonchev–Trinajstić information content (AvgIpc) is 3.12. The molecule has 2 saturated carbocycles. The Balaban J connectivity index is 1.75. The van der Waals surface area contributed by atoms with Crippen LogP contribution >= 0.6 is 0 Å². The van der Waals surface area contributed by atoms with Gasteiger partial charge in [0.25, 0.3) is 8.32 Å². The molecule has 2 aliphatic rings. The molecule has 0 saturated heterocycles. The molecule has 0 N–H and O–H groups in total. The SMILES string of the molecule is CC(C)(C)[Si](OC1C[C@@H]2[C@H](C#N)[C@@H]2C1)(c1ccccc1)c1ccccc1. The highest BCUT2D eigenvalue weighted by Gasteiger charge is 2.59. The second kappa shape index (κ2) is 6.37. The molecular weight excluding hydrogens is 334 g/mol. The van der Waals surface area contributed by atoms with Gasteiger partial charge in [-0.3, -0.25) is 0 Å². The molecule has 2 aliphatic carbocycles. The van der Waals surface area contributed by atoms with E-state index in [1.54, 1.807) is 0 Å². The van der Waals surface area contributed by atoms with Gasteiger partial charge in [-0.25, -0.2) is 0 Å². The first-order valence-electron chi connectivity index (χ1n) is 9.66. The monoisotopic (exact) mass is 361 g/mol. The van der Waals surface area contributed by atoms with Crippen molar-refractivity contribution < 1.29 is 4.43 Å². The van der Waals surface area contributed by atoms with Crippen LogP contribution in [0.5, 0.6) is 0 Å². The molecule has 2 fully saturated rings. The van der Waals surface area contributed by atoms with Crippen LogP contribution in [0.1, 0.15) is 33.6 Å². The van der Waals surface area contributed by atoms with Crippen molar-refractivity contribution in [1.82, 2.24) is 0 Å². The lowest BCUT2D eigenvalue weighted by molar-refractivity contribution is 0.177. The Labute approximate surface area is 158 Å². The fraction of sp³-hybridized carbons (Fsp3) is 0.435. The second-order valence-electron chi connectivity index (χ2n) is 8.86. The van der Waals surface area contributed by atoms with Crippen molar-refractivity contribution in [2.75, 3.05) is 0 Å². The molecule has 3 heteroatoms. The van der Waals surface area contributed by atoms with Crippen LogP contribution in [0.25, 0.3) is 0 Å². The zero-order chi connectivity index (χ0) is 18.4. The highest BCUT2D eigenvalue weighted by Crippen LogP contribution is 2.58. The molecule has 0 amide bonds. The van der Waals surface area contributed by atoms with E-state index < -0.39 is 8.32 Å². The first-order chi connectivity index (χ1) is 12.5. The van der Waals surface area contributed by atoms with Crippen LogP contribution in [0.4, 0.5) is 0 Å². The molecule has 2 aromatic rings. The van der Waals surface area contributed by atoms with Crippen molar-refractivity contribution in [3.05, 3.63) is 60.7 Å². The van der Waals surface area contributed by atoms with E-state index >= 15 is 0 Å². The van der Waals surface area contributed by atoms with Crippen molar-refractivity contribution in [3.63, 3.8) is 0 Å². The fourth-order valence-electron chi connectivity index (χ4n) is 5.02. The van der Waals surface area contributed by atoms with Gasteiger partial charge in [-0.2, -0.15) is 5.26 Å². The number of fused-ring (bicyclic) bond motifs is 1. The van der Waals surface area contributed by atoms with Crippen molar-refractivity contribution in [2.45, 2.75) is 44.8 Å². The van der Waals surface area contributed by atoms with Gasteiger partial charge in [0.15, 0.2) is 0 Å². The maximum atomic E-state index is 9.23. The standard InChI is InChI=1S/C23H27NOSi/c1-23(2,3)26(18-10-6-4-7-11-18,19-12-8-5-9-13-19)25-17-14-20-21(15-17)22(20)16-24/h4-13,17,20-22H,14-15H2,1-3H3/t17?,20-,21+,22-. The number of nitriles is 1. The third-order valence-corrected chi connectivity index (χ3v) is 11.4. The molecule has 0 aliphatic heterocycles. The van der Waals surface area contributed by atoms with E-state index in [-0.39, 0.29) is 17.1 Å².